The van der Waals surface area contributed by atoms with Crippen molar-refractivity contribution in [2.45, 2.75) is 26.3 Å². The number of aliphatic hydroxyl groups is 2. The third kappa shape index (κ3) is 4.11. The van der Waals surface area contributed by atoms with Crippen LogP contribution in [0.15, 0.2) is 18.2 Å². The Hall–Kier alpha value is -0.900. The van der Waals surface area contributed by atoms with E-state index in [9.17, 15) is 0 Å². The lowest BCUT2D eigenvalue weighted by Gasteiger charge is -2.24. The van der Waals surface area contributed by atoms with E-state index in [0.717, 1.165) is 13.0 Å². The van der Waals surface area contributed by atoms with Crippen molar-refractivity contribution in [1.29, 1.82) is 0 Å². The molecule has 96 valence electrons. The third-order valence-electron chi connectivity index (χ3n) is 3.37. The topological polar surface area (TPSA) is 43.7 Å². The van der Waals surface area contributed by atoms with Gasteiger partial charge in [0.15, 0.2) is 0 Å². The van der Waals surface area contributed by atoms with Gasteiger partial charge < -0.3 is 10.2 Å². The molecule has 0 unspecified atom stereocenters. The van der Waals surface area contributed by atoms with Crippen LogP contribution in [0.4, 0.5) is 0 Å². The van der Waals surface area contributed by atoms with Crippen LogP contribution in [0.5, 0.6) is 0 Å². The number of hydrogen-bond donors (Lipinski definition) is 2. The van der Waals surface area contributed by atoms with Gasteiger partial charge in [0.25, 0.3) is 0 Å². The van der Waals surface area contributed by atoms with E-state index in [1.54, 1.807) is 0 Å². The second-order valence-corrected chi connectivity index (χ2v) is 4.67. The minimum atomic E-state index is -0.151. The van der Waals surface area contributed by atoms with Gasteiger partial charge >= 0.3 is 0 Å². The minimum Gasteiger partial charge on any atom is -0.395 e. The van der Waals surface area contributed by atoms with Crippen LogP contribution in [0, 0.1) is 13.8 Å². The molecule has 1 rings (SSSR count). The largest absolute Gasteiger partial charge is 0.395 e. The van der Waals surface area contributed by atoms with Crippen LogP contribution >= 0.6 is 0 Å². The Labute approximate surface area is 104 Å². The first kappa shape index (κ1) is 14.2. The van der Waals surface area contributed by atoms with E-state index < -0.39 is 0 Å². The van der Waals surface area contributed by atoms with Crippen LogP contribution in [0.2, 0.25) is 0 Å². The smallest absolute Gasteiger partial charge is 0.0609 e. The molecule has 1 aromatic rings. The van der Waals surface area contributed by atoms with Gasteiger partial charge in [-0.15, -0.1) is 0 Å². The molecule has 0 spiro atoms. The Morgan fingerprint density at radius 3 is 2.29 bits per heavy atom. The molecule has 0 fully saturated rings. The molecule has 0 saturated heterocycles. The minimum absolute atomic E-state index is 0.0000738. The highest BCUT2D eigenvalue weighted by Crippen LogP contribution is 2.11. The SMILES string of the molecule is Cc1ccc(CCN(C)C(CO)CO)cc1C. The van der Waals surface area contributed by atoms with E-state index in [0.29, 0.717) is 0 Å². The Morgan fingerprint density at radius 1 is 1.12 bits per heavy atom. The van der Waals surface area contributed by atoms with Gasteiger partial charge in [0.1, 0.15) is 0 Å². The molecule has 0 heterocycles. The fourth-order valence-corrected chi connectivity index (χ4v) is 1.78. The molecular weight excluding hydrogens is 214 g/mol. The van der Waals surface area contributed by atoms with E-state index >= 15 is 0 Å². The first-order valence-electron chi connectivity index (χ1n) is 6.06. The lowest BCUT2D eigenvalue weighted by molar-refractivity contribution is 0.0925. The van der Waals surface area contributed by atoms with Crippen molar-refractivity contribution in [1.82, 2.24) is 4.90 Å². The number of likely N-dealkylation sites (N-methyl/N-ethyl adjacent to an activating group) is 1. The van der Waals surface area contributed by atoms with E-state index in [2.05, 4.69) is 32.0 Å². The molecule has 0 aliphatic carbocycles. The lowest BCUT2D eigenvalue weighted by atomic mass is 10.0. The summed E-state index contributed by atoms with van der Waals surface area (Å²) in [5.74, 6) is 0. The maximum atomic E-state index is 9.07. The molecule has 3 heteroatoms. The molecule has 0 aliphatic heterocycles. The Kier molecular flexibility index (Phi) is 5.62. The van der Waals surface area contributed by atoms with Gasteiger partial charge in [-0.05, 0) is 44.0 Å². The molecule has 0 aromatic heterocycles. The van der Waals surface area contributed by atoms with E-state index in [1.165, 1.54) is 16.7 Å². The highest BCUT2D eigenvalue weighted by molar-refractivity contribution is 5.30. The Bertz CT molecular complexity index is 348. The quantitative estimate of drug-likeness (QED) is 0.779. The first-order chi connectivity index (χ1) is 8.08. The number of aryl methyl sites for hydroxylation is 2. The summed E-state index contributed by atoms with van der Waals surface area (Å²) in [6.45, 7) is 5.07. The van der Waals surface area contributed by atoms with Gasteiger partial charge in [-0.3, -0.25) is 4.90 Å². The van der Waals surface area contributed by atoms with Crippen LogP contribution in [0.1, 0.15) is 16.7 Å². The molecule has 0 amide bonds. The van der Waals surface area contributed by atoms with Crippen molar-refractivity contribution in [3.05, 3.63) is 34.9 Å². The van der Waals surface area contributed by atoms with E-state index in [-0.39, 0.29) is 19.3 Å². The lowest BCUT2D eigenvalue weighted by Crippen LogP contribution is -2.38. The van der Waals surface area contributed by atoms with Crippen LogP contribution < -0.4 is 0 Å². The molecular formula is C14H23NO2. The maximum absolute atomic E-state index is 9.07. The molecule has 0 bridgehead atoms. The summed E-state index contributed by atoms with van der Waals surface area (Å²) in [7, 11) is 1.93. The van der Waals surface area contributed by atoms with Gasteiger partial charge in [-0.2, -0.15) is 0 Å². The van der Waals surface area contributed by atoms with E-state index in [1.807, 2.05) is 11.9 Å². The number of benzene rings is 1. The van der Waals surface area contributed by atoms with Gasteiger partial charge in [-0.25, -0.2) is 0 Å². The molecule has 2 N–H and O–H groups in total. The average molecular weight is 237 g/mol. The Morgan fingerprint density at radius 2 is 1.76 bits per heavy atom. The zero-order valence-electron chi connectivity index (χ0n) is 11.0. The molecule has 0 radical (unpaired) electrons. The van der Waals surface area contributed by atoms with Crippen molar-refractivity contribution in [3.63, 3.8) is 0 Å². The van der Waals surface area contributed by atoms with Crippen LogP contribution in [0.3, 0.4) is 0 Å². The summed E-state index contributed by atoms with van der Waals surface area (Å²) in [4.78, 5) is 2.00. The average Bonchev–Trinajstić information content (AvgIpc) is 2.32. The van der Waals surface area contributed by atoms with E-state index in [4.69, 9.17) is 10.2 Å². The monoisotopic (exact) mass is 237 g/mol. The highest BCUT2D eigenvalue weighted by atomic mass is 16.3. The maximum Gasteiger partial charge on any atom is 0.0609 e. The van der Waals surface area contributed by atoms with Crippen LogP contribution in [-0.4, -0.2) is 48.0 Å². The number of aliphatic hydroxyl groups excluding tert-OH is 2. The summed E-state index contributed by atoms with van der Waals surface area (Å²) < 4.78 is 0. The number of nitrogens with zero attached hydrogens (tertiary/aromatic N) is 1. The number of hydrogen-bond acceptors (Lipinski definition) is 3. The molecule has 1 aromatic carbocycles. The molecule has 0 aliphatic rings. The predicted octanol–water partition coefficient (Wildman–Crippen LogP) is 1.13. The summed E-state index contributed by atoms with van der Waals surface area (Å²) in [5.41, 5.74) is 3.92. The van der Waals surface area contributed by atoms with Crippen molar-refractivity contribution in [2.75, 3.05) is 26.8 Å². The summed E-state index contributed by atoms with van der Waals surface area (Å²) in [5, 5.41) is 18.1. The first-order valence-corrected chi connectivity index (χ1v) is 6.06. The van der Waals surface area contributed by atoms with Crippen molar-refractivity contribution in [2.24, 2.45) is 0 Å². The zero-order chi connectivity index (χ0) is 12.8. The summed E-state index contributed by atoms with van der Waals surface area (Å²) in [6.07, 6.45) is 0.939. The van der Waals surface area contributed by atoms with Crippen molar-refractivity contribution < 1.29 is 10.2 Å². The van der Waals surface area contributed by atoms with Gasteiger partial charge in [0, 0.05) is 6.54 Å². The standard InChI is InChI=1S/C14H23NO2/c1-11-4-5-13(8-12(11)2)6-7-15(3)14(9-16)10-17/h4-5,8,14,16-17H,6-7,9-10H2,1-3H3. The van der Waals surface area contributed by atoms with Gasteiger partial charge in [0.2, 0.25) is 0 Å². The van der Waals surface area contributed by atoms with Crippen LogP contribution in [0.25, 0.3) is 0 Å². The number of rotatable bonds is 6. The fraction of sp³-hybridized carbons (Fsp3) is 0.571. The second kappa shape index (κ2) is 6.74. The van der Waals surface area contributed by atoms with Crippen LogP contribution in [-0.2, 0) is 6.42 Å². The predicted molar refractivity (Wildman–Crippen MR) is 70.2 cm³/mol. The van der Waals surface area contributed by atoms with Gasteiger partial charge in [-0.1, -0.05) is 18.2 Å². The third-order valence-corrected chi connectivity index (χ3v) is 3.37. The fourth-order valence-electron chi connectivity index (χ4n) is 1.78. The molecule has 0 atom stereocenters. The zero-order valence-corrected chi connectivity index (χ0v) is 11.0. The highest BCUT2D eigenvalue weighted by Gasteiger charge is 2.11. The van der Waals surface area contributed by atoms with Crippen molar-refractivity contribution in [3.8, 4) is 0 Å². The van der Waals surface area contributed by atoms with Crippen molar-refractivity contribution >= 4 is 0 Å². The van der Waals surface area contributed by atoms with Gasteiger partial charge in [0.05, 0.1) is 19.3 Å². The molecule has 3 nitrogen and oxygen atoms in total. The normalized spacial score (nSPS) is 11.5. The summed E-state index contributed by atoms with van der Waals surface area (Å²) in [6, 6.07) is 6.33. The second-order valence-electron chi connectivity index (χ2n) is 4.67. The summed E-state index contributed by atoms with van der Waals surface area (Å²) >= 11 is 0. The molecule has 0 saturated carbocycles. The molecule has 17 heavy (non-hydrogen) atoms. The Balaban J connectivity index is 2.52.